The molecule has 7 nitrogen and oxygen atoms in total. The first-order chi connectivity index (χ1) is 14.0. The number of nitrogens with one attached hydrogen (secondary N) is 2. The Kier molecular flexibility index (Phi) is 5.38. The van der Waals surface area contributed by atoms with Crippen molar-refractivity contribution >= 4 is 28.6 Å². The number of amides is 1. The topological polar surface area (TPSA) is 83.3 Å². The summed E-state index contributed by atoms with van der Waals surface area (Å²) < 4.78 is 5.41. The highest BCUT2D eigenvalue weighted by Crippen LogP contribution is 2.26. The number of hydrogen-bond donors (Lipinski definition) is 2. The van der Waals surface area contributed by atoms with Gasteiger partial charge < -0.3 is 20.0 Å². The van der Waals surface area contributed by atoms with E-state index >= 15 is 0 Å². The number of anilines is 2. The lowest BCUT2D eigenvalue weighted by atomic mass is 9.91. The number of nitrogens with zero attached hydrogens (tertiary/aromatic N) is 3. The normalized spacial score (nSPS) is 19.1. The van der Waals surface area contributed by atoms with Crippen LogP contribution in [-0.2, 0) is 0 Å². The molecule has 1 aromatic carbocycles. The summed E-state index contributed by atoms with van der Waals surface area (Å²) in [5.74, 6) is 2.56. The van der Waals surface area contributed by atoms with Gasteiger partial charge in [0, 0.05) is 31.6 Å². The van der Waals surface area contributed by atoms with E-state index in [1.807, 2.05) is 50.2 Å². The summed E-state index contributed by atoms with van der Waals surface area (Å²) in [7, 11) is 3.99. The molecule has 7 heteroatoms. The molecule has 2 N–H and O–H groups in total. The highest BCUT2D eigenvalue weighted by molar-refractivity contribution is 5.91. The average molecular weight is 393 g/mol. The summed E-state index contributed by atoms with van der Waals surface area (Å²) >= 11 is 0. The zero-order chi connectivity index (χ0) is 20.4. The van der Waals surface area contributed by atoms with E-state index in [0.717, 1.165) is 48.2 Å². The minimum atomic E-state index is -0.136. The lowest BCUT2D eigenvalue weighted by Gasteiger charge is -2.29. The molecule has 0 aliphatic heterocycles. The molecule has 2 aromatic heterocycles. The van der Waals surface area contributed by atoms with Gasteiger partial charge in [-0.2, -0.15) is 4.98 Å². The van der Waals surface area contributed by atoms with Crippen molar-refractivity contribution in [3.8, 4) is 0 Å². The van der Waals surface area contributed by atoms with Crippen LogP contribution in [0.15, 0.2) is 40.8 Å². The van der Waals surface area contributed by atoms with Crippen molar-refractivity contribution in [2.75, 3.05) is 24.3 Å². The SMILES string of the molecule is Cc1ccc(C(=O)N[C@H]2CC[C@@H](Nc3nc(N(C)C)c4ccccc4n3)CC2)o1. The third-order valence-electron chi connectivity index (χ3n) is 5.37. The van der Waals surface area contributed by atoms with Crippen LogP contribution >= 0.6 is 0 Å². The molecular formula is C22H27N5O2. The van der Waals surface area contributed by atoms with Gasteiger partial charge in [0.1, 0.15) is 11.6 Å². The molecule has 0 radical (unpaired) electrons. The first-order valence-electron chi connectivity index (χ1n) is 10.1. The van der Waals surface area contributed by atoms with Crippen molar-refractivity contribution in [1.82, 2.24) is 15.3 Å². The Hall–Kier alpha value is -3.09. The van der Waals surface area contributed by atoms with Gasteiger partial charge in [0.25, 0.3) is 5.91 Å². The molecule has 1 amide bonds. The molecule has 1 aliphatic carbocycles. The summed E-state index contributed by atoms with van der Waals surface area (Å²) in [6, 6.07) is 12.0. The van der Waals surface area contributed by atoms with Gasteiger partial charge in [-0.25, -0.2) is 4.98 Å². The number of carbonyl (C=O) groups is 1. The third-order valence-corrected chi connectivity index (χ3v) is 5.37. The van der Waals surface area contributed by atoms with E-state index in [9.17, 15) is 4.79 Å². The lowest BCUT2D eigenvalue weighted by Crippen LogP contribution is -2.40. The van der Waals surface area contributed by atoms with Crippen LogP contribution in [0.25, 0.3) is 10.9 Å². The highest BCUT2D eigenvalue weighted by atomic mass is 16.3. The van der Waals surface area contributed by atoms with Crippen molar-refractivity contribution < 1.29 is 9.21 Å². The number of furan rings is 1. The zero-order valence-electron chi connectivity index (χ0n) is 17.1. The predicted octanol–water partition coefficient (Wildman–Crippen LogP) is 3.75. The summed E-state index contributed by atoms with van der Waals surface area (Å²) in [6.07, 6.45) is 3.74. The second-order valence-electron chi connectivity index (χ2n) is 7.86. The van der Waals surface area contributed by atoms with Gasteiger partial charge in [-0.3, -0.25) is 4.79 Å². The molecule has 0 atom stereocenters. The van der Waals surface area contributed by atoms with Crippen LogP contribution in [0.4, 0.5) is 11.8 Å². The Labute approximate surface area is 170 Å². The van der Waals surface area contributed by atoms with Crippen molar-refractivity contribution in [2.45, 2.75) is 44.7 Å². The maximum absolute atomic E-state index is 12.3. The van der Waals surface area contributed by atoms with Crippen molar-refractivity contribution in [3.05, 3.63) is 47.9 Å². The lowest BCUT2D eigenvalue weighted by molar-refractivity contribution is 0.0897. The number of carbonyl (C=O) groups excluding carboxylic acids is 1. The van der Waals surface area contributed by atoms with Crippen LogP contribution in [0, 0.1) is 6.92 Å². The first-order valence-corrected chi connectivity index (χ1v) is 10.1. The number of benzene rings is 1. The van der Waals surface area contributed by atoms with Gasteiger partial charge in [-0.1, -0.05) is 12.1 Å². The minimum absolute atomic E-state index is 0.136. The molecule has 152 valence electrons. The molecule has 1 aliphatic rings. The molecule has 1 fully saturated rings. The van der Waals surface area contributed by atoms with Crippen LogP contribution in [0.5, 0.6) is 0 Å². The Balaban J connectivity index is 1.38. The van der Waals surface area contributed by atoms with Crippen molar-refractivity contribution in [1.29, 1.82) is 0 Å². The van der Waals surface area contributed by atoms with Crippen molar-refractivity contribution in [3.63, 3.8) is 0 Å². The van der Waals surface area contributed by atoms with Crippen LogP contribution in [0.3, 0.4) is 0 Å². The van der Waals surface area contributed by atoms with Crippen LogP contribution in [0.1, 0.15) is 42.0 Å². The van der Waals surface area contributed by atoms with Crippen LogP contribution in [-0.4, -0.2) is 42.1 Å². The zero-order valence-corrected chi connectivity index (χ0v) is 17.1. The van der Waals surface area contributed by atoms with E-state index in [1.54, 1.807) is 12.1 Å². The molecule has 0 unspecified atom stereocenters. The molecule has 1 saturated carbocycles. The van der Waals surface area contributed by atoms with E-state index in [0.29, 0.717) is 17.8 Å². The van der Waals surface area contributed by atoms with E-state index in [-0.39, 0.29) is 11.9 Å². The van der Waals surface area contributed by atoms with E-state index in [2.05, 4.69) is 10.6 Å². The fourth-order valence-corrected chi connectivity index (χ4v) is 3.84. The molecule has 3 aromatic rings. The highest BCUT2D eigenvalue weighted by Gasteiger charge is 2.24. The van der Waals surface area contributed by atoms with Crippen LogP contribution in [0.2, 0.25) is 0 Å². The van der Waals surface area contributed by atoms with Gasteiger partial charge in [0.15, 0.2) is 5.76 Å². The van der Waals surface area contributed by atoms with E-state index in [4.69, 9.17) is 14.4 Å². The first kappa shape index (κ1) is 19.2. The monoisotopic (exact) mass is 393 g/mol. The number of aryl methyl sites for hydroxylation is 1. The Morgan fingerprint density at radius 3 is 2.45 bits per heavy atom. The number of aromatic nitrogens is 2. The molecule has 0 saturated heterocycles. The molecule has 0 spiro atoms. The van der Waals surface area contributed by atoms with Gasteiger partial charge >= 0.3 is 0 Å². The Bertz CT molecular complexity index is 1010. The fraction of sp³-hybridized carbons (Fsp3) is 0.409. The Morgan fingerprint density at radius 1 is 1.03 bits per heavy atom. The second kappa shape index (κ2) is 8.11. The molecule has 29 heavy (non-hydrogen) atoms. The standard InChI is InChI=1S/C22H27N5O2/c1-14-8-13-19(29-14)21(28)23-15-9-11-16(12-10-15)24-22-25-18-7-5-4-6-17(18)20(26-22)27(2)3/h4-8,13,15-16H,9-12H2,1-3H3,(H,23,28)(H,24,25,26)/t15-,16+. The maximum Gasteiger partial charge on any atom is 0.287 e. The third kappa shape index (κ3) is 4.34. The molecule has 0 bridgehead atoms. The summed E-state index contributed by atoms with van der Waals surface area (Å²) in [4.78, 5) is 23.7. The number of rotatable bonds is 5. The maximum atomic E-state index is 12.3. The quantitative estimate of drug-likeness (QED) is 0.687. The predicted molar refractivity (Wildman–Crippen MR) is 114 cm³/mol. The molecule has 4 rings (SSSR count). The van der Waals surface area contributed by atoms with Crippen LogP contribution < -0.4 is 15.5 Å². The Morgan fingerprint density at radius 2 is 1.76 bits per heavy atom. The van der Waals surface area contributed by atoms with E-state index < -0.39 is 0 Å². The van der Waals surface area contributed by atoms with Gasteiger partial charge in [0.2, 0.25) is 5.95 Å². The number of para-hydroxylation sites is 1. The number of hydrogen-bond acceptors (Lipinski definition) is 6. The average Bonchev–Trinajstić information content (AvgIpc) is 3.15. The summed E-state index contributed by atoms with van der Waals surface area (Å²) in [6.45, 7) is 1.84. The fourth-order valence-electron chi connectivity index (χ4n) is 3.84. The number of fused-ring (bicyclic) bond motifs is 1. The van der Waals surface area contributed by atoms with Gasteiger partial charge in [0.05, 0.1) is 5.52 Å². The summed E-state index contributed by atoms with van der Waals surface area (Å²) in [5.41, 5.74) is 0.934. The summed E-state index contributed by atoms with van der Waals surface area (Å²) in [5, 5.41) is 7.62. The van der Waals surface area contributed by atoms with Gasteiger partial charge in [-0.15, -0.1) is 0 Å². The van der Waals surface area contributed by atoms with Gasteiger partial charge in [-0.05, 0) is 56.9 Å². The van der Waals surface area contributed by atoms with E-state index in [1.165, 1.54) is 0 Å². The smallest absolute Gasteiger partial charge is 0.287 e. The molecule has 2 heterocycles. The molecular weight excluding hydrogens is 366 g/mol. The second-order valence-corrected chi connectivity index (χ2v) is 7.86. The van der Waals surface area contributed by atoms with Crippen molar-refractivity contribution in [2.24, 2.45) is 0 Å². The largest absolute Gasteiger partial charge is 0.456 e. The minimum Gasteiger partial charge on any atom is -0.456 e.